The van der Waals surface area contributed by atoms with Gasteiger partial charge >= 0.3 is 5.69 Å². The normalized spacial score (nSPS) is 16.0. The Morgan fingerprint density at radius 2 is 1.86 bits per heavy atom. The highest BCUT2D eigenvalue weighted by molar-refractivity contribution is 5.90. The number of hydrogen-bond acceptors (Lipinski definition) is 5. The van der Waals surface area contributed by atoms with Crippen molar-refractivity contribution in [2.24, 2.45) is 12.1 Å². The number of aryl methyl sites for hydroxylation is 1. The van der Waals surface area contributed by atoms with Crippen LogP contribution < -0.4 is 16.7 Å². The highest BCUT2D eigenvalue weighted by Crippen LogP contribution is 2.26. The second kappa shape index (κ2) is 6.16. The first kappa shape index (κ1) is 17.4. The number of anilines is 1. The Labute approximate surface area is 165 Å². The van der Waals surface area contributed by atoms with Crippen LogP contribution in [0.1, 0.15) is 25.5 Å². The van der Waals surface area contributed by atoms with Gasteiger partial charge in [-0.25, -0.2) is 10.2 Å². The Morgan fingerprint density at radius 1 is 1.10 bits per heavy atom. The lowest BCUT2D eigenvalue weighted by Crippen LogP contribution is -2.40. The molecule has 1 aliphatic rings. The standard InChI is InChI=1S/C21H20N6O2/c1-12-13(2)27-17-18(22-20(27)24-23-12)25(3)21(29)26(19(17)28)11-15-9-6-8-14-7-4-5-10-16(14)15/h4-10,13H,11H2,1-3H3,(H,22,24). The minimum atomic E-state index is -0.392. The van der Waals surface area contributed by atoms with Crippen LogP contribution in [0.5, 0.6) is 0 Å². The van der Waals surface area contributed by atoms with E-state index < -0.39 is 5.69 Å². The van der Waals surface area contributed by atoms with Gasteiger partial charge in [-0.3, -0.25) is 18.5 Å². The molecule has 4 aromatic rings. The fourth-order valence-electron chi connectivity index (χ4n) is 3.95. The van der Waals surface area contributed by atoms with Crippen LogP contribution in [0.25, 0.3) is 21.9 Å². The smallest absolute Gasteiger partial charge is 0.294 e. The van der Waals surface area contributed by atoms with Gasteiger partial charge in [0.15, 0.2) is 11.2 Å². The van der Waals surface area contributed by atoms with Gasteiger partial charge in [-0.1, -0.05) is 42.5 Å². The second-order valence-corrected chi connectivity index (χ2v) is 7.39. The number of hydrogen-bond donors (Lipinski definition) is 1. The number of imidazole rings is 1. The van der Waals surface area contributed by atoms with Crippen LogP contribution in [0.15, 0.2) is 57.2 Å². The Balaban J connectivity index is 1.77. The van der Waals surface area contributed by atoms with E-state index in [-0.39, 0.29) is 18.1 Å². The van der Waals surface area contributed by atoms with Crippen LogP contribution in [0, 0.1) is 0 Å². The molecule has 5 rings (SSSR count). The molecule has 2 aromatic heterocycles. The molecule has 0 fully saturated rings. The van der Waals surface area contributed by atoms with Crippen molar-refractivity contribution in [2.45, 2.75) is 26.4 Å². The minimum Gasteiger partial charge on any atom is -0.294 e. The number of nitrogens with one attached hydrogen (secondary N) is 1. The average molecular weight is 388 g/mol. The van der Waals surface area contributed by atoms with Crippen molar-refractivity contribution in [3.63, 3.8) is 0 Å². The van der Waals surface area contributed by atoms with E-state index in [0.717, 1.165) is 22.0 Å². The first-order valence-corrected chi connectivity index (χ1v) is 9.46. The zero-order valence-corrected chi connectivity index (χ0v) is 16.4. The van der Waals surface area contributed by atoms with E-state index in [9.17, 15) is 9.59 Å². The van der Waals surface area contributed by atoms with Gasteiger partial charge in [-0.05, 0) is 30.2 Å². The van der Waals surface area contributed by atoms with Crippen LogP contribution in [0.2, 0.25) is 0 Å². The van der Waals surface area contributed by atoms with Gasteiger partial charge in [-0.2, -0.15) is 10.1 Å². The molecule has 29 heavy (non-hydrogen) atoms. The van der Waals surface area contributed by atoms with Crippen molar-refractivity contribution in [1.29, 1.82) is 0 Å². The molecule has 0 saturated carbocycles. The minimum absolute atomic E-state index is 0.132. The summed E-state index contributed by atoms with van der Waals surface area (Å²) in [5.41, 5.74) is 4.65. The molecule has 2 aromatic carbocycles. The Bertz CT molecular complexity index is 1430. The second-order valence-electron chi connectivity index (χ2n) is 7.39. The van der Waals surface area contributed by atoms with Gasteiger partial charge in [0.25, 0.3) is 5.56 Å². The first-order valence-electron chi connectivity index (χ1n) is 9.46. The zero-order chi connectivity index (χ0) is 20.3. The fraction of sp³-hybridized carbons (Fsp3) is 0.238. The third-order valence-electron chi connectivity index (χ3n) is 5.71. The van der Waals surface area contributed by atoms with E-state index in [1.165, 1.54) is 9.13 Å². The van der Waals surface area contributed by atoms with Gasteiger partial charge < -0.3 is 0 Å². The van der Waals surface area contributed by atoms with Gasteiger partial charge in [-0.15, -0.1) is 0 Å². The Morgan fingerprint density at radius 3 is 2.69 bits per heavy atom. The summed E-state index contributed by atoms with van der Waals surface area (Å²) in [4.78, 5) is 30.9. The number of nitrogens with zero attached hydrogens (tertiary/aromatic N) is 5. The number of rotatable bonds is 2. The molecule has 1 unspecified atom stereocenters. The van der Waals surface area contributed by atoms with Crippen LogP contribution >= 0.6 is 0 Å². The van der Waals surface area contributed by atoms with Gasteiger partial charge in [0, 0.05) is 7.05 Å². The predicted molar refractivity (Wildman–Crippen MR) is 114 cm³/mol. The predicted octanol–water partition coefficient (Wildman–Crippen LogP) is 2.46. The fourth-order valence-corrected chi connectivity index (χ4v) is 3.95. The third-order valence-corrected chi connectivity index (χ3v) is 5.71. The third kappa shape index (κ3) is 2.45. The van der Waals surface area contributed by atoms with Crippen LogP contribution in [-0.4, -0.2) is 24.4 Å². The average Bonchev–Trinajstić information content (AvgIpc) is 3.13. The maximum absolute atomic E-state index is 13.4. The summed E-state index contributed by atoms with van der Waals surface area (Å²) in [5, 5.41) is 6.34. The molecule has 0 aliphatic carbocycles. The van der Waals surface area contributed by atoms with Crippen LogP contribution in [-0.2, 0) is 13.6 Å². The highest BCUT2D eigenvalue weighted by Gasteiger charge is 2.26. The Kier molecular flexibility index (Phi) is 3.70. The van der Waals surface area contributed by atoms with E-state index in [4.69, 9.17) is 0 Å². The summed E-state index contributed by atoms with van der Waals surface area (Å²) < 4.78 is 4.53. The molecule has 146 valence electrons. The molecular formula is C21H20N6O2. The molecule has 0 spiro atoms. The van der Waals surface area contributed by atoms with Crippen LogP contribution in [0.4, 0.5) is 5.95 Å². The van der Waals surface area contributed by atoms with Crippen molar-refractivity contribution >= 4 is 33.6 Å². The molecular weight excluding hydrogens is 368 g/mol. The van der Waals surface area contributed by atoms with Crippen molar-refractivity contribution in [3.8, 4) is 0 Å². The zero-order valence-electron chi connectivity index (χ0n) is 16.4. The largest absolute Gasteiger partial charge is 0.332 e. The summed E-state index contributed by atoms with van der Waals surface area (Å²) >= 11 is 0. The SMILES string of the molecule is CC1=NNc2nc3c(c(=O)n(Cc4cccc5ccccc45)c(=O)n3C)n2C1C. The molecule has 1 N–H and O–H groups in total. The monoisotopic (exact) mass is 388 g/mol. The molecule has 3 heterocycles. The first-order chi connectivity index (χ1) is 14.0. The summed E-state index contributed by atoms with van der Waals surface area (Å²) in [6, 6.07) is 13.7. The van der Waals surface area contributed by atoms with Crippen LogP contribution in [0.3, 0.4) is 0 Å². The van der Waals surface area contributed by atoms with Crippen molar-refractivity contribution in [3.05, 3.63) is 68.9 Å². The lowest BCUT2D eigenvalue weighted by molar-refractivity contribution is 0.647. The number of fused-ring (bicyclic) bond motifs is 4. The number of aromatic nitrogens is 4. The number of benzene rings is 2. The molecule has 0 bridgehead atoms. The summed E-state index contributed by atoms with van der Waals surface area (Å²) in [6.07, 6.45) is 0. The van der Waals surface area contributed by atoms with Gasteiger partial charge in [0.1, 0.15) is 0 Å². The lowest BCUT2D eigenvalue weighted by Gasteiger charge is -2.21. The molecule has 1 aliphatic heterocycles. The van der Waals surface area contributed by atoms with Crippen molar-refractivity contribution < 1.29 is 0 Å². The van der Waals surface area contributed by atoms with Gasteiger partial charge in [0.2, 0.25) is 5.95 Å². The van der Waals surface area contributed by atoms with E-state index in [1.807, 2.05) is 60.9 Å². The molecule has 8 heteroatoms. The summed E-state index contributed by atoms with van der Waals surface area (Å²) in [7, 11) is 1.64. The lowest BCUT2D eigenvalue weighted by atomic mass is 10.0. The summed E-state index contributed by atoms with van der Waals surface area (Å²) in [5.74, 6) is 0.466. The number of hydrazone groups is 1. The maximum atomic E-state index is 13.4. The quantitative estimate of drug-likeness (QED) is 0.572. The van der Waals surface area contributed by atoms with E-state index in [0.29, 0.717) is 17.1 Å². The molecule has 0 saturated heterocycles. The molecule has 1 atom stereocenters. The van der Waals surface area contributed by atoms with E-state index in [1.54, 1.807) is 7.05 Å². The molecule has 0 amide bonds. The van der Waals surface area contributed by atoms with Gasteiger partial charge in [0.05, 0.1) is 18.3 Å². The van der Waals surface area contributed by atoms with E-state index >= 15 is 0 Å². The topological polar surface area (TPSA) is 86.2 Å². The summed E-state index contributed by atoms with van der Waals surface area (Å²) in [6.45, 7) is 4.05. The molecule has 0 radical (unpaired) electrons. The highest BCUT2D eigenvalue weighted by atomic mass is 16.2. The van der Waals surface area contributed by atoms with E-state index in [2.05, 4.69) is 15.5 Å². The van der Waals surface area contributed by atoms with Crippen molar-refractivity contribution in [1.82, 2.24) is 18.7 Å². The molecule has 8 nitrogen and oxygen atoms in total. The Hall–Kier alpha value is -3.68. The van der Waals surface area contributed by atoms with Crippen molar-refractivity contribution in [2.75, 3.05) is 5.43 Å². The maximum Gasteiger partial charge on any atom is 0.332 e.